The molecule has 0 aromatic carbocycles. The van der Waals surface area contributed by atoms with Gasteiger partial charge in [0.05, 0.1) is 0 Å². The molecule has 0 rings (SSSR count). The Balaban J connectivity index is -0.0000000127. The Morgan fingerprint density at radius 2 is 0.231 bits per heavy atom. The van der Waals surface area contributed by atoms with Crippen molar-refractivity contribution < 1.29 is 231 Å². The van der Waals surface area contributed by atoms with Crippen molar-refractivity contribution in [3.8, 4) is 0 Å². The molecule has 0 unspecified atom stereocenters. The predicted molar refractivity (Wildman–Crippen MR) is 107 cm³/mol. The summed E-state index contributed by atoms with van der Waals surface area (Å²) in [7, 11) is -18.1. The van der Waals surface area contributed by atoms with E-state index < -0.39 is 58.6 Å². The van der Waals surface area contributed by atoms with Crippen molar-refractivity contribution in [1.29, 1.82) is 0 Å². The quantitative estimate of drug-likeness (QED) is 0.110. The van der Waals surface area contributed by atoms with Crippen molar-refractivity contribution in [2.45, 2.75) is 0 Å². The van der Waals surface area contributed by atoms with Gasteiger partial charge in [0.2, 0.25) is 0 Å². The third-order valence-corrected chi connectivity index (χ3v) is 0. The van der Waals surface area contributed by atoms with Gasteiger partial charge in [0.25, 0.3) is 0 Å². The van der Waals surface area contributed by atoms with Crippen LogP contribution in [-0.4, -0.2) is 186 Å². The van der Waals surface area contributed by atoms with Crippen LogP contribution in [0.1, 0.15) is 0 Å². The molecule has 0 heterocycles. The van der Waals surface area contributed by atoms with Gasteiger partial charge in [-0.05, 0) is 0 Å². The first-order valence-corrected chi connectivity index (χ1v) is 6.13. The van der Waals surface area contributed by atoms with E-state index in [1.807, 2.05) is 0 Å². The van der Waals surface area contributed by atoms with Crippen molar-refractivity contribution >= 4 is 58.6 Å². The molecule has 0 spiro atoms. The summed E-state index contributed by atoms with van der Waals surface area (Å²) in [6, 6.07) is 0. The molecule has 0 atom stereocenters. The van der Waals surface area contributed by atoms with Crippen LogP contribution in [0.3, 0.4) is 0 Å². The summed E-state index contributed by atoms with van der Waals surface area (Å²) in [5.41, 5.74) is 0. The van der Waals surface area contributed by atoms with E-state index in [9.17, 15) is 0 Å². The average molecular weight is 633 g/mol. The molecule has 29 N–H and O–H groups in total. The molecule has 0 aromatic rings. The van der Waals surface area contributed by atoms with Gasteiger partial charge in [-0.15, -0.1) is 0 Å². The van der Waals surface area contributed by atoms with Gasteiger partial charge < -0.3 is 142 Å². The van der Waals surface area contributed by atoms with E-state index in [0.717, 1.165) is 0 Å². The second-order valence-corrected chi connectivity index (χ2v) is 2.71. The number of hydrogen-bond acceptors (Lipinski definition) is 24. The normalized spacial score (nSPS) is 5.54. The summed E-state index contributed by atoms with van der Waals surface area (Å²) in [5, 5.41) is 176. The Morgan fingerprint density at radius 3 is 0.231 bits per heavy atom. The molecule has 0 bridgehead atoms. The van der Waals surface area contributed by atoms with Crippen molar-refractivity contribution in [3.05, 3.63) is 0 Å². The standard InChI is InChI=1S/7BH3O3.BO3.3Na.4H2O/c8*2-1(3)4;;;;;;;/h7*2-4H;;;;;4*1H2/q;;;;;;;-3;3*+1;;;;. The average Bonchev–Trinajstić information content (AvgIpc) is 2.30. The number of rotatable bonds is 0. The molecule has 0 radical (unpaired) electrons. The molecular weight excluding hydrogens is 603 g/mol. The van der Waals surface area contributed by atoms with Crippen LogP contribution in [0.4, 0.5) is 0 Å². The minimum absolute atomic E-state index is 0. The molecule has 224 valence electrons. The predicted octanol–water partition coefficient (Wildman–Crippen LogP) is -30.6. The van der Waals surface area contributed by atoms with E-state index in [2.05, 4.69) is 0 Å². The van der Waals surface area contributed by atoms with Crippen LogP contribution >= 0.6 is 0 Å². The van der Waals surface area contributed by atoms with Crippen LogP contribution in [0.2, 0.25) is 0 Å². The van der Waals surface area contributed by atoms with E-state index >= 15 is 0 Å². The molecule has 39 heteroatoms. The smallest absolute Gasteiger partial charge is 0.907 e. The first-order chi connectivity index (χ1) is 13.9. The van der Waals surface area contributed by atoms with Gasteiger partial charge in [0.1, 0.15) is 0 Å². The SMILES string of the molecule is O.O.O.O.OB(O)O.OB(O)O.OB(O)O.OB(O)O.OB(O)O.OB(O)O.OB(O)O.[Na+].[Na+].[Na+].[O-]B([O-])[O-]. The summed E-state index contributed by atoms with van der Waals surface area (Å²) in [6.45, 7) is 0. The summed E-state index contributed by atoms with van der Waals surface area (Å²) in [5.74, 6) is 0. The van der Waals surface area contributed by atoms with Crippen LogP contribution in [0.15, 0.2) is 0 Å². The van der Waals surface area contributed by atoms with Crippen molar-refractivity contribution in [1.82, 2.24) is 0 Å². The maximum absolute atomic E-state index is 8.42. The van der Waals surface area contributed by atoms with Gasteiger partial charge in [-0.25, -0.2) is 0 Å². The minimum atomic E-state index is -2.92. The maximum atomic E-state index is 8.42. The van der Waals surface area contributed by atoms with Crippen LogP contribution in [0.5, 0.6) is 0 Å². The Labute approximate surface area is 287 Å². The van der Waals surface area contributed by atoms with E-state index in [-0.39, 0.29) is 111 Å². The third-order valence-electron chi connectivity index (χ3n) is 0. The van der Waals surface area contributed by atoms with Crippen LogP contribution < -0.4 is 104 Å². The van der Waals surface area contributed by atoms with Gasteiger partial charge in [-0.2, -0.15) is 0 Å². The number of hydrogen-bond donors (Lipinski definition) is 21. The van der Waals surface area contributed by atoms with Crippen LogP contribution in [0, 0.1) is 0 Å². The molecule has 0 fully saturated rings. The Hall–Kier alpha value is 2.40. The molecule has 0 aliphatic rings. The van der Waals surface area contributed by atoms with E-state index in [4.69, 9.17) is 121 Å². The van der Waals surface area contributed by atoms with Gasteiger partial charge in [-0.3, -0.25) is 7.32 Å². The molecule has 0 saturated carbocycles. The second kappa shape index (κ2) is 90.0. The summed E-state index contributed by atoms with van der Waals surface area (Å²) < 4.78 is 0. The minimum Gasteiger partial charge on any atom is -0.907 e. The zero-order valence-electron chi connectivity index (χ0n) is 20.2. The Morgan fingerprint density at radius 1 is 0.231 bits per heavy atom. The van der Waals surface area contributed by atoms with Gasteiger partial charge in [0.15, 0.2) is 0 Å². The molecule has 28 nitrogen and oxygen atoms in total. The molecular formula is H29B8Na3O28. The molecule has 0 aliphatic heterocycles. The molecule has 39 heavy (non-hydrogen) atoms. The summed E-state index contributed by atoms with van der Waals surface area (Å²) >= 11 is 0. The van der Waals surface area contributed by atoms with E-state index in [1.165, 1.54) is 0 Å². The van der Waals surface area contributed by atoms with Crippen molar-refractivity contribution in [3.63, 3.8) is 0 Å². The fourth-order valence-corrected chi connectivity index (χ4v) is 0. The molecule has 0 saturated heterocycles. The van der Waals surface area contributed by atoms with Gasteiger partial charge in [0, 0.05) is 0 Å². The van der Waals surface area contributed by atoms with E-state index in [1.54, 1.807) is 0 Å². The summed E-state index contributed by atoms with van der Waals surface area (Å²) in [4.78, 5) is 0. The topological polar surface area (TPSA) is 620 Å². The maximum Gasteiger partial charge on any atom is 1.00 e. The van der Waals surface area contributed by atoms with Crippen LogP contribution in [-0.2, 0) is 0 Å². The zero-order valence-corrected chi connectivity index (χ0v) is 26.2. The van der Waals surface area contributed by atoms with Crippen LogP contribution in [0.25, 0.3) is 0 Å². The molecule has 0 amide bonds. The summed E-state index contributed by atoms with van der Waals surface area (Å²) in [6.07, 6.45) is 0. The van der Waals surface area contributed by atoms with Gasteiger partial charge in [-0.1, -0.05) is 0 Å². The van der Waals surface area contributed by atoms with Crippen molar-refractivity contribution in [2.75, 3.05) is 0 Å². The largest absolute Gasteiger partial charge is 1.00 e. The molecule has 0 aliphatic carbocycles. The van der Waals surface area contributed by atoms with Crippen molar-refractivity contribution in [2.24, 2.45) is 0 Å². The fourth-order valence-electron chi connectivity index (χ4n) is 0. The first kappa shape index (κ1) is 97.0. The van der Waals surface area contributed by atoms with Gasteiger partial charge >= 0.3 is 140 Å². The van der Waals surface area contributed by atoms with E-state index in [0.29, 0.717) is 0 Å². The Bertz CT molecular complexity index is 153. The monoisotopic (exact) mass is 634 g/mol. The Kier molecular flexibility index (Phi) is 224. The molecule has 0 aromatic heterocycles. The third kappa shape index (κ3) is 10300. The second-order valence-electron chi connectivity index (χ2n) is 2.71. The fraction of sp³-hybridized carbons (Fsp3) is 0. The zero-order chi connectivity index (χ0) is 28.6. The first-order valence-electron chi connectivity index (χ1n) is 6.13.